The lowest BCUT2D eigenvalue weighted by Gasteiger charge is -2.09. The molecule has 25 heavy (non-hydrogen) atoms. The van der Waals surface area contributed by atoms with Crippen LogP contribution in [0.1, 0.15) is 25.3 Å². The number of non-ortho nitro benzene ring substituents is 1. The third-order valence-corrected chi connectivity index (χ3v) is 3.57. The van der Waals surface area contributed by atoms with Crippen molar-refractivity contribution in [1.29, 1.82) is 0 Å². The molecule has 0 fully saturated rings. The van der Waals surface area contributed by atoms with Crippen LogP contribution in [0, 0.1) is 20.2 Å². The summed E-state index contributed by atoms with van der Waals surface area (Å²) in [4.78, 5) is 24.7. The normalized spacial score (nSPS) is 12.0. The summed E-state index contributed by atoms with van der Waals surface area (Å²) in [6.07, 6.45) is 2.97. The smallest absolute Gasteiger partial charge is 0.307 e. The molecule has 0 N–H and O–H groups in total. The Kier molecular flexibility index (Phi) is 4.20. The fraction of sp³-hybridized carbons (Fsp3) is 0.214. The molecule has 0 aliphatic carbocycles. The largest absolute Gasteiger partial charge is 0.337 e. The highest BCUT2D eigenvalue weighted by molar-refractivity contribution is 5.56. The molecular formula is C14H12N6O5. The van der Waals surface area contributed by atoms with Crippen LogP contribution in [0.3, 0.4) is 0 Å². The second-order valence-electron chi connectivity index (χ2n) is 5.12. The first-order chi connectivity index (χ1) is 12.0. The van der Waals surface area contributed by atoms with E-state index >= 15 is 0 Å². The van der Waals surface area contributed by atoms with E-state index < -0.39 is 15.9 Å². The zero-order valence-electron chi connectivity index (χ0n) is 13.0. The number of rotatable bonds is 6. The van der Waals surface area contributed by atoms with Crippen LogP contribution in [0.25, 0.3) is 11.4 Å². The molecule has 1 unspecified atom stereocenters. The highest BCUT2D eigenvalue weighted by Crippen LogP contribution is 2.25. The Labute approximate surface area is 140 Å². The quantitative estimate of drug-likeness (QED) is 0.490. The minimum atomic E-state index is -0.535. The molecule has 0 saturated carbocycles. The van der Waals surface area contributed by atoms with E-state index in [4.69, 9.17) is 4.52 Å². The van der Waals surface area contributed by atoms with Crippen LogP contribution in [-0.4, -0.2) is 29.8 Å². The topological polar surface area (TPSA) is 143 Å². The number of nitro benzene ring substituents is 1. The van der Waals surface area contributed by atoms with Gasteiger partial charge in [0, 0.05) is 17.7 Å². The van der Waals surface area contributed by atoms with Crippen molar-refractivity contribution in [2.75, 3.05) is 0 Å². The summed E-state index contributed by atoms with van der Waals surface area (Å²) in [6.45, 7) is 1.86. The minimum Gasteiger partial charge on any atom is -0.337 e. The van der Waals surface area contributed by atoms with Gasteiger partial charge in [-0.05, 0) is 18.6 Å². The zero-order chi connectivity index (χ0) is 18.0. The molecule has 2 heterocycles. The van der Waals surface area contributed by atoms with Crippen molar-refractivity contribution in [3.05, 3.63) is 62.8 Å². The Morgan fingerprint density at radius 1 is 1.16 bits per heavy atom. The Hall–Kier alpha value is -3.63. The third-order valence-electron chi connectivity index (χ3n) is 3.57. The van der Waals surface area contributed by atoms with Crippen molar-refractivity contribution in [2.24, 2.45) is 0 Å². The Morgan fingerprint density at radius 2 is 1.84 bits per heavy atom. The SMILES string of the molecule is CCC(c1nc(-c2ccc([N+](=O)[O-])cc2)no1)n1cc([N+](=O)[O-])cn1. The number of nitrogens with zero attached hydrogens (tertiary/aromatic N) is 6. The first-order valence-corrected chi connectivity index (χ1v) is 7.26. The van der Waals surface area contributed by atoms with Crippen molar-refractivity contribution in [2.45, 2.75) is 19.4 Å². The van der Waals surface area contributed by atoms with Gasteiger partial charge in [0.15, 0.2) is 0 Å². The van der Waals surface area contributed by atoms with Crippen molar-refractivity contribution in [3.63, 3.8) is 0 Å². The van der Waals surface area contributed by atoms with Gasteiger partial charge in [-0.1, -0.05) is 12.1 Å². The third kappa shape index (κ3) is 3.20. The lowest BCUT2D eigenvalue weighted by molar-refractivity contribution is -0.385. The molecule has 2 aromatic heterocycles. The van der Waals surface area contributed by atoms with E-state index in [0.29, 0.717) is 12.0 Å². The highest BCUT2D eigenvalue weighted by atomic mass is 16.6. The first kappa shape index (κ1) is 16.2. The summed E-state index contributed by atoms with van der Waals surface area (Å²) in [5, 5.41) is 29.3. The van der Waals surface area contributed by atoms with E-state index in [0.717, 1.165) is 6.20 Å². The molecular weight excluding hydrogens is 332 g/mol. The lowest BCUT2D eigenvalue weighted by Crippen LogP contribution is -2.10. The van der Waals surface area contributed by atoms with Gasteiger partial charge in [0.25, 0.3) is 11.6 Å². The van der Waals surface area contributed by atoms with Crippen molar-refractivity contribution in [1.82, 2.24) is 19.9 Å². The molecule has 11 nitrogen and oxygen atoms in total. The number of nitro groups is 2. The van der Waals surface area contributed by atoms with E-state index in [2.05, 4.69) is 15.2 Å². The number of hydrogen-bond donors (Lipinski definition) is 0. The molecule has 3 aromatic rings. The van der Waals surface area contributed by atoms with Crippen LogP contribution in [0.15, 0.2) is 41.2 Å². The Bertz CT molecular complexity index is 916. The second kappa shape index (κ2) is 6.47. The average Bonchev–Trinajstić information content (AvgIpc) is 3.26. The molecule has 0 amide bonds. The van der Waals surface area contributed by atoms with Gasteiger partial charge in [0.2, 0.25) is 5.82 Å². The van der Waals surface area contributed by atoms with Crippen LogP contribution in [-0.2, 0) is 0 Å². The maximum absolute atomic E-state index is 10.8. The monoisotopic (exact) mass is 344 g/mol. The van der Waals surface area contributed by atoms with Gasteiger partial charge in [-0.15, -0.1) is 0 Å². The average molecular weight is 344 g/mol. The molecule has 0 saturated heterocycles. The van der Waals surface area contributed by atoms with Crippen molar-refractivity contribution < 1.29 is 14.4 Å². The number of aromatic nitrogens is 4. The van der Waals surface area contributed by atoms with Gasteiger partial charge in [0.05, 0.1) is 9.85 Å². The molecule has 0 bridgehead atoms. The summed E-state index contributed by atoms with van der Waals surface area (Å²) in [5.74, 6) is 0.513. The van der Waals surface area contributed by atoms with Crippen LogP contribution >= 0.6 is 0 Å². The van der Waals surface area contributed by atoms with Gasteiger partial charge in [0.1, 0.15) is 18.4 Å². The molecule has 0 aliphatic rings. The summed E-state index contributed by atoms with van der Waals surface area (Å²) < 4.78 is 6.64. The molecule has 0 aliphatic heterocycles. The van der Waals surface area contributed by atoms with E-state index in [1.54, 1.807) is 0 Å². The van der Waals surface area contributed by atoms with Gasteiger partial charge >= 0.3 is 5.69 Å². The van der Waals surface area contributed by atoms with E-state index in [1.165, 1.54) is 35.1 Å². The van der Waals surface area contributed by atoms with Crippen molar-refractivity contribution in [3.8, 4) is 11.4 Å². The number of hydrogen-bond acceptors (Lipinski definition) is 8. The van der Waals surface area contributed by atoms with Gasteiger partial charge < -0.3 is 4.52 Å². The predicted octanol–water partition coefficient (Wildman–Crippen LogP) is 2.75. The highest BCUT2D eigenvalue weighted by Gasteiger charge is 2.23. The lowest BCUT2D eigenvalue weighted by atomic mass is 10.2. The molecule has 0 spiro atoms. The van der Waals surface area contributed by atoms with Gasteiger partial charge in [-0.2, -0.15) is 10.1 Å². The standard InChI is InChI=1S/C14H12N6O5/c1-2-12(18-8-11(7-15-18)20(23)24)14-16-13(17-25-14)9-3-5-10(6-4-9)19(21)22/h3-8,12H,2H2,1H3. The summed E-state index contributed by atoms with van der Waals surface area (Å²) in [7, 11) is 0. The zero-order valence-corrected chi connectivity index (χ0v) is 13.0. The van der Waals surface area contributed by atoms with E-state index in [1.807, 2.05) is 6.92 Å². The molecule has 3 rings (SSSR count). The molecule has 128 valence electrons. The maximum Gasteiger partial charge on any atom is 0.307 e. The Morgan fingerprint density at radius 3 is 2.40 bits per heavy atom. The van der Waals surface area contributed by atoms with Gasteiger partial charge in [-0.25, -0.2) is 0 Å². The van der Waals surface area contributed by atoms with E-state index in [-0.39, 0.29) is 23.1 Å². The molecule has 1 atom stereocenters. The minimum absolute atomic E-state index is 0.0391. The molecule has 1 aromatic carbocycles. The summed E-state index contributed by atoms with van der Waals surface area (Å²) in [6, 6.07) is 5.28. The van der Waals surface area contributed by atoms with Crippen molar-refractivity contribution >= 4 is 11.4 Å². The van der Waals surface area contributed by atoms with E-state index in [9.17, 15) is 20.2 Å². The van der Waals surface area contributed by atoms with Gasteiger partial charge in [-0.3, -0.25) is 24.9 Å². The summed E-state index contributed by atoms with van der Waals surface area (Å²) >= 11 is 0. The fourth-order valence-electron chi connectivity index (χ4n) is 2.29. The summed E-state index contributed by atoms with van der Waals surface area (Å²) in [5.41, 5.74) is 0.387. The Balaban J connectivity index is 1.87. The molecule has 0 radical (unpaired) electrons. The fourth-order valence-corrected chi connectivity index (χ4v) is 2.29. The second-order valence-corrected chi connectivity index (χ2v) is 5.12. The number of benzene rings is 1. The van der Waals surface area contributed by atoms with Crippen LogP contribution in [0.2, 0.25) is 0 Å². The van der Waals surface area contributed by atoms with Crippen LogP contribution in [0.5, 0.6) is 0 Å². The molecule has 11 heteroatoms. The van der Waals surface area contributed by atoms with Crippen LogP contribution < -0.4 is 0 Å². The predicted molar refractivity (Wildman–Crippen MR) is 83.7 cm³/mol. The van der Waals surface area contributed by atoms with Crippen LogP contribution in [0.4, 0.5) is 11.4 Å². The first-order valence-electron chi connectivity index (χ1n) is 7.26. The maximum atomic E-state index is 10.8.